The molecular formula is C10H15N3O2. The van der Waals surface area contributed by atoms with Crippen LogP contribution in [0.15, 0.2) is 12.4 Å². The summed E-state index contributed by atoms with van der Waals surface area (Å²) < 4.78 is 0. The third kappa shape index (κ3) is 3.63. The second kappa shape index (κ2) is 5.41. The van der Waals surface area contributed by atoms with Gasteiger partial charge >= 0.3 is 5.97 Å². The molecule has 0 aliphatic carbocycles. The standard InChI is InChI=1S/C10H15N3O2/c1-7(11-4-3-9(14)15)10-8(2)12-5-6-13-10/h5-7,11H,3-4H2,1-2H3,(H,14,15). The first kappa shape index (κ1) is 11.6. The molecule has 0 aliphatic rings. The van der Waals surface area contributed by atoms with Crippen LogP contribution in [0.25, 0.3) is 0 Å². The molecule has 1 atom stereocenters. The van der Waals surface area contributed by atoms with Crippen LogP contribution in [0.5, 0.6) is 0 Å². The van der Waals surface area contributed by atoms with Gasteiger partial charge in [-0.25, -0.2) is 0 Å². The molecule has 0 aliphatic heterocycles. The summed E-state index contributed by atoms with van der Waals surface area (Å²) in [5, 5.41) is 11.6. The molecule has 1 aromatic heterocycles. The van der Waals surface area contributed by atoms with Gasteiger partial charge < -0.3 is 10.4 Å². The molecule has 1 rings (SSSR count). The quantitative estimate of drug-likeness (QED) is 0.754. The Bertz CT molecular complexity index is 341. The average Bonchev–Trinajstić information content (AvgIpc) is 2.17. The SMILES string of the molecule is Cc1nccnc1C(C)NCCC(=O)O. The molecule has 0 saturated heterocycles. The number of nitrogens with zero attached hydrogens (tertiary/aromatic N) is 2. The van der Waals surface area contributed by atoms with Gasteiger partial charge in [-0.2, -0.15) is 0 Å². The van der Waals surface area contributed by atoms with Crippen molar-refractivity contribution in [2.24, 2.45) is 0 Å². The molecule has 1 aromatic rings. The van der Waals surface area contributed by atoms with Gasteiger partial charge in [0.2, 0.25) is 0 Å². The zero-order valence-electron chi connectivity index (χ0n) is 8.90. The minimum atomic E-state index is -0.800. The molecule has 5 heteroatoms. The van der Waals surface area contributed by atoms with Crippen LogP contribution >= 0.6 is 0 Å². The number of carboxylic acid groups (broad SMARTS) is 1. The first-order chi connectivity index (χ1) is 7.11. The van der Waals surface area contributed by atoms with Crippen LogP contribution in [0.1, 0.15) is 30.8 Å². The lowest BCUT2D eigenvalue weighted by Crippen LogP contribution is -2.23. The van der Waals surface area contributed by atoms with Gasteiger partial charge in [0.25, 0.3) is 0 Å². The lowest BCUT2D eigenvalue weighted by atomic mass is 10.2. The second-order valence-corrected chi connectivity index (χ2v) is 3.35. The van der Waals surface area contributed by atoms with Gasteiger partial charge in [0.05, 0.1) is 17.8 Å². The molecule has 15 heavy (non-hydrogen) atoms. The van der Waals surface area contributed by atoms with E-state index in [4.69, 9.17) is 5.11 Å². The van der Waals surface area contributed by atoms with Crippen molar-refractivity contribution < 1.29 is 9.90 Å². The van der Waals surface area contributed by atoms with E-state index in [1.807, 2.05) is 13.8 Å². The van der Waals surface area contributed by atoms with E-state index in [9.17, 15) is 4.79 Å². The summed E-state index contributed by atoms with van der Waals surface area (Å²) in [6, 6.07) is 0.0260. The molecule has 0 spiro atoms. The minimum Gasteiger partial charge on any atom is -0.481 e. The summed E-state index contributed by atoms with van der Waals surface area (Å²) in [4.78, 5) is 18.6. The van der Waals surface area contributed by atoms with E-state index in [2.05, 4.69) is 15.3 Å². The molecule has 0 aromatic carbocycles. The van der Waals surface area contributed by atoms with Crippen molar-refractivity contribution in [2.75, 3.05) is 6.54 Å². The van der Waals surface area contributed by atoms with Gasteiger partial charge in [0, 0.05) is 25.0 Å². The number of hydrogen-bond donors (Lipinski definition) is 2. The molecule has 0 amide bonds. The molecule has 0 radical (unpaired) electrons. The van der Waals surface area contributed by atoms with Gasteiger partial charge in [-0.3, -0.25) is 14.8 Å². The zero-order chi connectivity index (χ0) is 11.3. The summed E-state index contributed by atoms with van der Waals surface area (Å²) in [5.41, 5.74) is 1.73. The summed E-state index contributed by atoms with van der Waals surface area (Å²) in [6.45, 7) is 4.27. The highest BCUT2D eigenvalue weighted by molar-refractivity contribution is 5.66. The van der Waals surface area contributed by atoms with E-state index >= 15 is 0 Å². The maximum absolute atomic E-state index is 10.3. The Balaban J connectivity index is 2.50. The first-order valence-electron chi connectivity index (χ1n) is 4.84. The Labute approximate surface area is 88.6 Å². The summed E-state index contributed by atoms with van der Waals surface area (Å²) in [7, 11) is 0. The summed E-state index contributed by atoms with van der Waals surface area (Å²) in [6.07, 6.45) is 3.39. The predicted molar refractivity (Wildman–Crippen MR) is 55.4 cm³/mol. The van der Waals surface area contributed by atoms with E-state index < -0.39 is 5.97 Å². The van der Waals surface area contributed by atoms with Crippen LogP contribution < -0.4 is 5.32 Å². The van der Waals surface area contributed by atoms with Gasteiger partial charge in [-0.1, -0.05) is 0 Å². The molecule has 0 bridgehead atoms. The predicted octanol–water partition coefficient (Wildman–Crippen LogP) is 0.910. The first-order valence-corrected chi connectivity index (χ1v) is 4.84. The zero-order valence-corrected chi connectivity index (χ0v) is 8.90. The fourth-order valence-corrected chi connectivity index (χ4v) is 1.34. The number of rotatable bonds is 5. The van der Waals surface area contributed by atoms with Gasteiger partial charge in [0.15, 0.2) is 0 Å². The largest absolute Gasteiger partial charge is 0.481 e. The summed E-state index contributed by atoms with van der Waals surface area (Å²) in [5.74, 6) is -0.800. The van der Waals surface area contributed by atoms with Crippen LogP contribution in [0.2, 0.25) is 0 Å². The van der Waals surface area contributed by atoms with Crippen molar-refractivity contribution in [3.8, 4) is 0 Å². The van der Waals surface area contributed by atoms with Crippen molar-refractivity contribution in [3.05, 3.63) is 23.8 Å². The number of aromatic nitrogens is 2. The third-order valence-electron chi connectivity index (χ3n) is 2.12. The highest BCUT2D eigenvalue weighted by atomic mass is 16.4. The number of nitrogens with one attached hydrogen (secondary N) is 1. The molecule has 82 valence electrons. The van der Waals surface area contributed by atoms with E-state index in [1.165, 1.54) is 0 Å². The summed E-state index contributed by atoms with van der Waals surface area (Å²) >= 11 is 0. The monoisotopic (exact) mass is 209 g/mol. The van der Waals surface area contributed by atoms with Crippen molar-refractivity contribution in [1.29, 1.82) is 0 Å². The topological polar surface area (TPSA) is 75.1 Å². The number of carboxylic acids is 1. The van der Waals surface area contributed by atoms with Crippen molar-refractivity contribution in [3.63, 3.8) is 0 Å². The van der Waals surface area contributed by atoms with Crippen LogP contribution in [0.3, 0.4) is 0 Å². The van der Waals surface area contributed by atoms with Crippen molar-refractivity contribution in [1.82, 2.24) is 15.3 Å². The molecular weight excluding hydrogens is 194 g/mol. The van der Waals surface area contributed by atoms with Crippen LogP contribution in [-0.4, -0.2) is 27.6 Å². The maximum atomic E-state index is 10.3. The van der Waals surface area contributed by atoms with Crippen molar-refractivity contribution in [2.45, 2.75) is 26.3 Å². The van der Waals surface area contributed by atoms with E-state index in [-0.39, 0.29) is 12.5 Å². The van der Waals surface area contributed by atoms with Gasteiger partial charge in [-0.05, 0) is 13.8 Å². The van der Waals surface area contributed by atoms with E-state index in [0.29, 0.717) is 6.54 Å². The van der Waals surface area contributed by atoms with Crippen LogP contribution in [0, 0.1) is 6.92 Å². The van der Waals surface area contributed by atoms with Crippen molar-refractivity contribution >= 4 is 5.97 Å². The third-order valence-corrected chi connectivity index (χ3v) is 2.12. The average molecular weight is 209 g/mol. The Kier molecular flexibility index (Phi) is 4.17. The molecule has 1 heterocycles. The molecule has 1 unspecified atom stereocenters. The molecule has 0 fully saturated rings. The van der Waals surface area contributed by atoms with Crippen LogP contribution in [0.4, 0.5) is 0 Å². The number of aryl methyl sites for hydroxylation is 1. The Morgan fingerprint density at radius 1 is 1.53 bits per heavy atom. The lowest BCUT2D eigenvalue weighted by Gasteiger charge is -2.13. The van der Waals surface area contributed by atoms with Gasteiger partial charge in [0.1, 0.15) is 0 Å². The fraction of sp³-hybridized carbons (Fsp3) is 0.500. The maximum Gasteiger partial charge on any atom is 0.304 e. The van der Waals surface area contributed by atoms with Gasteiger partial charge in [-0.15, -0.1) is 0 Å². The normalized spacial score (nSPS) is 12.4. The Morgan fingerprint density at radius 2 is 2.20 bits per heavy atom. The lowest BCUT2D eigenvalue weighted by molar-refractivity contribution is -0.136. The Hall–Kier alpha value is -1.49. The number of carbonyl (C=O) groups is 1. The Morgan fingerprint density at radius 3 is 2.80 bits per heavy atom. The smallest absolute Gasteiger partial charge is 0.304 e. The number of hydrogen-bond acceptors (Lipinski definition) is 4. The fourth-order valence-electron chi connectivity index (χ4n) is 1.34. The molecule has 0 saturated carbocycles. The molecule has 5 nitrogen and oxygen atoms in total. The van der Waals surface area contributed by atoms with E-state index in [0.717, 1.165) is 11.4 Å². The van der Waals surface area contributed by atoms with E-state index in [1.54, 1.807) is 12.4 Å². The second-order valence-electron chi connectivity index (χ2n) is 3.35. The molecule has 2 N–H and O–H groups in total. The minimum absolute atomic E-state index is 0.0260. The highest BCUT2D eigenvalue weighted by Gasteiger charge is 2.09. The number of aliphatic carboxylic acids is 1. The highest BCUT2D eigenvalue weighted by Crippen LogP contribution is 2.10. The van der Waals surface area contributed by atoms with Crippen LogP contribution in [-0.2, 0) is 4.79 Å².